The molecule has 0 amide bonds. The summed E-state index contributed by atoms with van der Waals surface area (Å²) in [4.78, 5) is 8.63. The summed E-state index contributed by atoms with van der Waals surface area (Å²) < 4.78 is 45.5. The van der Waals surface area contributed by atoms with E-state index in [1.54, 1.807) is 38.6 Å². The number of rotatable bonds is 9. The molecule has 3 N–H and O–H groups in total. The largest absolute Gasteiger partial charge is 0.495 e. The highest BCUT2D eigenvalue weighted by atomic mass is 32.2. The molecule has 2 aromatic carbocycles. The van der Waals surface area contributed by atoms with E-state index < -0.39 is 10.0 Å². The summed E-state index contributed by atoms with van der Waals surface area (Å²) >= 11 is 0. The smallest absolute Gasteiger partial charge is 0.243 e. The molecule has 0 fully saturated rings. The molecule has 10 nitrogen and oxygen atoms in total. The molecule has 0 aliphatic carbocycles. The third kappa shape index (κ3) is 5.01. The maximum Gasteiger partial charge on any atom is 0.243 e. The number of sulfonamides is 1. The molecular weight excluding hydrogens is 436 g/mol. The minimum atomic E-state index is -4.05. The van der Waals surface area contributed by atoms with E-state index in [9.17, 15) is 8.42 Å². The molecule has 0 aliphatic rings. The summed E-state index contributed by atoms with van der Waals surface area (Å²) in [5.74, 6) is 2.54. The van der Waals surface area contributed by atoms with Crippen LogP contribution in [0.3, 0.4) is 0 Å². The first kappa shape index (κ1) is 23.1. The standard InChI is InChI=1S/C21H24N4O6S/c1-28-15-7-5-6-14(21(15)32(22,26)27)24-18-8-9-23-19(25-18)12-13-10-16(29-2)20(31-4)17(11-13)30-3/h5-11H,12H2,1-4H3,(H2,22,26,27)(H,23,24,25). The van der Waals surface area contributed by atoms with Crippen LogP contribution in [-0.2, 0) is 16.4 Å². The van der Waals surface area contributed by atoms with Gasteiger partial charge in [-0.1, -0.05) is 6.07 Å². The number of nitrogens with zero attached hydrogens (tertiary/aromatic N) is 2. The normalized spacial score (nSPS) is 11.0. The maximum atomic E-state index is 12.1. The Morgan fingerprint density at radius 1 is 0.938 bits per heavy atom. The Morgan fingerprint density at radius 3 is 2.16 bits per heavy atom. The second kappa shape index (κ2) is 9.71. The van der Waals surface area contributed by atoms with E-state index in [1.165, 1.54) is 20.3 Å². The van der Waals surface area contributed by atoms with Crippen molar-refractivity contribution in [2.45, 2.75) is 11.3 Å². The Hall–Kier alpha value is -3.57. The lowest BCUT2D eigenvalue weighted by atomic mass is 10.1. The van der Waals surface area contributed by atoms with Crippen molar-refractivity contribution in [2.75, 3.05) is 33.8 Å². The van der Waals surface area contributed by atoms with E-state index in [0.29, 0.717) is 35.3 Å². The molecule has 0 saturated carbocycles. The topological polar surface area (TPSA) is 135 Å². The first-order valence-electron chi connectivity index (χ1n) is 9.38. The van der Waals surface area contributed by atoms with Crippen molar-refractivity contribution >= 4 is 21.5 Å². The molecule has 3 aromatic rings. The van der Waals surface area contributed by atoms with Gasteiger partial charge in [-0.25, -0.2) is 23.5 Å². The number of anilines is 2. The van der Waals surface area contributed by atoms with E-state index >= 15 is 0 Å². The van der Waals surface area contributed by atoms with Gasteiger partial charge in [0.15, 0.2) is 11.5 Å². The molecule has 0 atom stereocenters. The summed E-state index contributed by atoms with van der Waals surface area (Å²) in [5.41, 5.74) is 1.08. The molecule has 0 saturated heterocycles. The van der Waals surface area contributed by atoms with Gasteiger partial charge in [0.05, 0.1) is 34.1 Å². The number of nitrogens with one attached hydrogen (secondary N) is 1. The van der Waals surface area contributed by atoms with Crippen LogP contribution >= 0.6 is 0 Å². The Bertz CT molecular complexity index is 1190. The fourth-order valence-electron chi connectivity index (χ4n) is 3.18. The highest BCUT2D eigenvalue weighted by Gasteiger charge is 2.20. The molecule has 170 valence electrons. The van der Waals surface area contributed by atoms with E-state index in [0.717, 1.165) is 5.56 Å². The van der Waals surface area contributed by atoms with Crippen LogP contribution in [0.25, 0.3) is 0 Å². The van der Waals surface area contributed by atoms with Gasteiger partial charge in [-0.3, -0.25) is 0 Å². The second-order valence-electron chi connectivity index (χ2n) is 6.58. The van der Waals surface area contributed by atoms with Gasteiger partial charge in [0.25, 0.3) is 0 Å². The number of nitrogens with two attached hydrogens (primary N) is 1. The van der Waals surface area contributed by atoms with E-state index in [2.05, 4.69) is 15.3 Å². The summed E-state index contributed by atoms with van der Waals surface area (Å²) in [6.45, 7) is 0. The van der Waals surface area contributed by atoms with E-state index in [4.69, 9.17) is 24.1 Å². The number of hydrogen-bond donors (Lipinski definition) is 2. The summed E-state index contributed by atoms with van der Waals surface area (Å²) in [6, 6.07) is 9.97. The van der Waals surface area contributed by atoms with Gasteiger partial charge in [-0.05, 0) is 35.9 Å². The van der Waals surface area contributed by atoms with Crippen molar-refractivity contribution in [2.24, 2.45) is 5.14 Å². The van der Waals surface area contributed by atoms with Crippen LogP contribution in [0, 0.1) is 0 Å². The van der Waals surface area contributed by atoms with Crippen molar-refractivity contribution in [3.05, 3.63) is 54.0 Å². The fraction of sp³-hybridized carbons (Fsp3) is 0.238. The molecule has 1 heterocycles. The number of aromatic nitrogens is 2. The number of primary sulfonamides is 1. The lowest BCUT2D eigenvalue weighted by molar-refractivity contribution is 0.324. The third-order valence-corrected chi connectivity index (χ3v) is 5.53. The van der Waals surface area contributed by atoms with E-state index in [-0.39, 0.29) is 16.3 Å². The molecule has 1 aromatic heterocycles. The first-order valence-corrected chi connectivity index (χ1v) is 10.9. The predicted molar refractivity (Wildman–Crippen MR) is 119 cm³/mol. The molecule has 32 heavy (non-hydrogen) atoms. The zero-order valence-corrected chi connectivity index (χ0v) is 18.9. The van der Waals surface area contributed by atoms with Gasteiger partial charge in [-0.15, -0.1) is 0 Å². The summed E-state index contributed by atoms with van der Waals surface area (Å²) in [7, 11) is 1.94. The predicted octanol–water partition coefficient (Wildman–Crippen LogP) is 2.49. The first-order chi connectivity index (χ1) is 15.3. The molecule has 0 unspecified atom stereocenters. The molecule has 0 spiro atoms. The molecule has 0 radical (unpaired) electrons. The number of benzene rings is 2. The van der Waals surface area contributed by atoms with Crippen LogP contribution < -0.4 is 29.4 Å². The van der Waals surface area contributed by atoms with Crippen molar-refractivity contribution in [3.8, 4) is 23.0 Å². The SMILES string of the molecule is COc1cc(Cc2nccc(Nc3cccc(OC)c3S(N)(=O)=O)n2)cc(OC)c1OC. The van der Waals surface area contributed by atoms with Gasteiger partial charge in [-0.2, -0.15) is 0 Å². The van der Waals surface area contributed by atoms with Gasteiger partial charge in [0.1, 0.15) is 22.3 Å². The Balaban J connectivity index is 1.93. The van der Waals surface area contributed by atoms with Crippen LogP contribution in [0.5, 0.6) is 23.0 Å². The van der Waals surface area contributed by atoms with Crippen molar-refractivity contribution in [1.82, 2.24) is 9.97 Å². The maximum absolute atomic E-state index is 12.1. The highest BCUT2D eigenvalue weighted by molar-refractivity contribution is 7.89. The van der Waals surface area contributed by atoms with Gasteiger partial charge in [0, 0.05) is 12.6 Å². The minimum absolute atomic E-state index is 0.129. The lowest BCUT2D eigenvalue weighted by Crippen LogP contribution is -2.15. The molecule has 3 rings (SSSR count). The fourth-order valence-corrected chi connectivity index (χ4v) is 4.04. The summed E-state index contributed by atoms with van der Waals surface area (Å²) in [5, 5.41) is 8.37. The molecule has 11 heteroatoms. The lowest BCUT2D eigenvalue weighted by Gasteiger charge is -2.15. The third-order valence-electron chi connectivity index (χ3n) is 4.54. The number of hydrogen-bond acceptors (Lipinski definition) is 9. The van der Waals surface area contributed by atoms with Crippen molar-refractivity contribution in [3.63, 3.8) is 0 Å². The number of methoxy groups -OCH3 is 4. The zero-order valence-electron chi connectivity index (χ0n) is 18.1. The van der Waals surface area contributed by atoms with Gasteiger partial charge >= 0.3 is 0 Å². The average molecular weight is 461 g/mol. The number of ether oxygens (including phenoxy) is 4. The Labute approximate surface area is 186 Å². The van der Waals surface area contributed by atoms with Crippen LogP contribution in [0.2, 0.25) is 0 Å². The van der Waals surface area contributed by atoms with Crippen LogP contribution in [0.4, 0.5) is 11.5 Å². The average Bonchev–Trinajstić information content (AvgIpc) is 2.77. The Morgan fingerprint density at radius 2 is 1.59 bits per heavy atom. The van der Waals surface area contributed by atoms with Crippen LogP contribution in [0.15, 0.2) is 47.5 Å². The van der Waals surface area contributed by atoms with Crippen molar-refractivity contribution in [1.29, 1.82) is 0 Å². The second-order valence-corrected chi connectivity index (χ2v) is 8.07. The molecule has 0 bridgehead atoms. The molecular formula is C21H24N4O6S. The van der Waals surface area contributed by atoms with Gasteiger partial charge < -0.3 is 24.3 Å². The van der Waals surface area contributed by atoms with Crippen LogP contribution in [-0.4, -0.2) is 46.8 Å². The molecule has 0 aliphatic heterocycles. The van der Waals surface area contributed by atoms with Crippen LogP contribution in [0.1, 0.15) is 11.4 Å². The van der Waals surface area contributed by atoms with Gasteiger partial charge in [0.2, 0.25) is 15.8 Å². The van der Waals surface area contributed by atoms with Crippen molar-refractivity contribution < 1.29 is 27.4 Å². The summed E-state index contributed by atoms with van der Waals surface area (Å²) in [6.07, 6.45) is 1.94. The Kier molecular flexibility index (Phi) is 7.01. The van der Waals surface area contributed by atoms with E-state index in [1.807, 2.05) is 12.1 Å². The monoisotopic (exact) mass is 460 g/mol. The quantitative estimate of drug-likeness (QED) is 0.494. The zero-order chi connectivity index (χ0) is 23.3. The highest BCUT2D eigenvalue weighted by Crippen LogP contribution is 2.38. The minimum Gasteiger partial charge on any atom is -0.495 e.